The monoisotopic (exact) mass is 250 g/mol. The summed E-state index contributed by atoms with van der Waals surface area (Å²) in [7, 11) is 0. The van der Waals surface area contributed by atoms with Crippen molar-refractivity contribution >= 4 is 5.82 Å². The maximum Gasteiger partial charge on any atom is 0.151 e. The Kier molecular flexibility index (Phi) is 4.90. The Morgan fingerprint density at radius 1 is 1.28 bits per heavy atom. The zero-order valence-corrected chi connectivity index (χ0v) is 11.2. The average molecular weight is 250 g/mol. The van der Waals surface area contributed by atoms with E-state index in [1.54, 1.807) is 0 Å². The molecule has 5 nitrogen and oxygen atoms in total. The standard InChI is InChI=1S/C13H22N4O/c1-11(2)9-14-10-12-3-4-13(16-15-12)17-5-7-18-8-6-17/h3-4,11,14H,5-10H2,1-2H3. The van der Waals surface area contributed by atoms with E-state index in [0.29, 0.717) is 5.92 Å². The molecule has 0 atom stereocenters. The Balaban J connectivity index is 1.84. The van der Waals surface area contributed by atoms with E-state index in [1.165, 1.54) is 0 Å². The third-order valence-corrected chi connectivity index (χ3v) is 2.90. The number of hydrogen-bond acceptors (Lipinski definition) is 5. The molecule has 0 bridgehead atoms. The fourth-order valence-electron chi connectivity index (χ4n) is 1.90. The highest BCUT2D eigenvalue weighted by Gasteiger charge is 2.12. The minimum Gasteiger partial charge on any atom is -0.378 e. The molecule has 0 amide bonds. The van der Waals surface area contributed by atoms with Crippen molar-refractivity contribution in [2.45, 2.75) is 20.4 Å². The number of aromatic nitrogens is 2. The van der Waals surface area contributed by atoms with Gasteiger partial charge in [0.2, 0.25) is 0 Å². The number of morpholine rings is 1. The van der Waals surface area contributed by atoms with Crippen molar-refractivity contribution in [3.05, 3.63) is 17.8 Å². The Hall–Kier alpha value is -1.20. The van der Waals surface area contributed by atoms with Crippen molar-refractivity contribution in [3.63, 3.8) is 0 Å². The van der Waals surface area contributed by atoms with E-state index in [1.807, 2.05) is 12.1 Å². The van der Waals surface area contributed by atoms with Crippen LogP contribution in [0.25, 0.3) is 0 Å². The molecule has 5 heteroatoms. The average Bonchev–Trinajstić information content (AvgIpc) is 2.40. The molecule has 1 N–H and O–H groups in total. The van der Waals surface area contributed by atoms with Gasteiger partial charge >= 0.3 is 0 Å². The van der Waals surface area contributed by atoms with Gasteiger partial charge in [-0.15, -0.1) is 5.10 Å². The molecule has 1 aromatic heterocycles. The molecule has 18 heavy (non-hydrogen) atoms. The second kappa shape index (κ2) is 6.66. The molecular weight excluding hydrogens is 228 g/mol. The van der Waals surface area contributed by atoms with E-state index in [4.69, 9.17) is 4.74 Å². The van der Waals surface area contributed by atoms with Crippen molar-refractivity contribution in [2.75, 3.05) is 37.7 Å². The Labute approximate surface area is 109 Å². The second-order valence-corrected chi connectivity index (χ2v) is 5.01. The van der Waals surface area contributed by atoms with Crippen molar-refractivity contribution in [1.82, 2.24) is 15.5 Å². The number of anilines is 1. The summed E-state index contributed by atoms with van der Waals surface area (Å²) in [6, 6.07) is 4.09. The molecular formula is C13H22N4O. The minimum atomic E-state index is 0.658. The second-order valence-electron chi connectivity index (χ2n) is 5.01. The highest BCUT2D eigenvalue weighted by atomic mass is 16.5. The number of nitrogens with one attached hydrogen (secondary N) is 1. The van der Waals surface area contributed by atoms with Gasteiger partial charge in [-0.05, 0) is 24.6 Å². The van der Waals surface area contributed by atoms with Crippen LogP contribution in [0.2, 0.25) is 0 Å². The van der Waals surface area contributed by atoms with E-state index in [-0.39, 0.29) is 0 Å². The van der Waals surface area contributed by atoms with E-state index in [0.717, 1.165) is 50.9 Å². The smallest absolute Gasteiger partial charge is 0.151 e. The fourth-order valence-corrected chi connectivity index (χ4v) is 1.90. The summed E-state index contributed by atoms with van der Waals surface area (Å²) in [5.74, 6) is 1.61. The molecule has 2 heterocycles. The molecule has 1 aliphatic heterocycles. The van der Waals surface area contributed by atoms with Crippen LogP contribution in [0.5, 0.6) is 0 Å². The van der Waals surface area contributed by atoms with Crippen LogP contribution in [0.15, 0.2) is 12.1 Å². The van der Waals surface area contributed by atoms with Crippen LogP contribution in [-0.2, 0) is 11.3 Å². The Morgan fingerprint density at radius 2 is 2.06 bits per heavy atom. The maximum absolute atomic E-state index is 5.32. The van der Waals surface area contributed by atoms with Gasteiger partial charge in [0.05, 0.1) is 18.9 Å². The minimum absolute atomic E-state index is 0.658. The van der Waals surface area contributed by atoms with Crippen molar-refractivity contribution in [3.8, 4) is 0 Å². The van der Waals surface area contributed by atoms with Gasteiger partial charge in [0.1, 0.15) is 0 Å². The summed E-state index contributed by atoms with van der Waals surface area (Å²) in [6.07, 6.45) is 0. The molecule has 0 radical (unpaired) electrons. The van der Waals surface area contributed by atoms with Gasteiger partial charge in [-0.25, -0.2) is 0 Å². The molecule has 0 spiro atoms. The topological polar surface area (TPSA) is 50.3 Å². The number of nitrogens with zero attached hydrogens (tertiary/aromatic N) is 3. The Morgan fingerprint density at radius 3 is 2.67 bits per heavy atom. The molecule has 0 aromatic carbocycles. The van der Waals surface area contributed by atoms with Crippen LogP contribution in [0.1, 0.15) is 19.5 Å². The van der Waals surface area contributed by atoms with Gasteiger partial charge < -0.3 is 15.0 Å². The largest absolute Gasteiger partial charge is 0.378 e. The quantitative estimate of drug-likeness (QED) is 0.847. The zero-order valence-electron chi connectivity index (χ0n) is 11.2. The van der Waals surface area contributed by atoms with Crippen LogP contribution >= 0.6 is 0 Å². The normalized spacial score (nSPS) is 16.3. The van der Waals surface area contributed by atoms with Crippen molar-refractivity contribution in [1.29, 1.82) is 0 Å². The van der Waals surface area contributed by atoms with Crippen LogP contribution in [0.4, 0.5) is 5.82 Å². The first kappa shape index (κ1) is 13.2. The van der Waals surface area contributed by atoms with Gasteiger partial charge in [0.15, 0.2) is 5.82 Å². The first-order valence-electron chi connectivity index (χ1n) is 6.61. The van der Waals surface area contributed by atoms with Crippen LogP contribution in [-0.4, -0.2) is 43.0 Å². The first-order chi connectivity index (χ1) is 8.75. The fraction of sp³-hybridized carbons (Fsp3) is 0.692. The maximum atomic E-state index is 5.32. The van der Waals surface area contributed by atoms with Crippen LogP contribution in [0, 0.1) is 5.92 Å². The molecule has 1 aliphatic rings. The van der Waals surface area contributed by atoms with Gasteiger partial charge in [-0.2, -0.15) is 5.10 Å². The molecule has 0 unspecified atom stereocenters. The van der Waals surface area contributed by atoms with Gasteiger partial charge in [0, 0.05) is 19.6 Å². The molecule has 1 saturated heterocycles. The van der Waals surface area contributed by atoms with Crippen LogP contribution < -0.4 is 10.2 Å². The third kappa shape index (κ3) is 3.92. The molecule has 100 valence electrons. The van der Waals surface area contributed by atoms with E-state index < -0.39 is 0 Å². The summed E-state index contributed by atoms with van der Waals surface area (Å²) in [6.45, 7) is 9.54. The van der Waals surface area contributed by atoms with Gasteiger partial charge in [-0.1, -0.05) is 13.8 Å². The predicted molar refractivity (Wildman–Crippen MR) is 71.6 cm³/mol. The summed E-state index contributed by atoms with van der Waals surface area (Å²) in [4.78, 5) is 2.21. The van der Waals surface area contributed by atoms with Crippen molar-refractivity contribution in [2.24, 2.45) is 5.92 Å². The third-order valence-electron chi connectivity index (χ3n) is 2.90. The lowest BCUT2D eigenvalue weighted by Crippen LogP contribution is -2.36. The van der Waals surface area contributed by atoms with E-state index in [9.17, 15) is 0 Å². The van der Waals surface area contributed by atoms with Crippen molar-refractivity contribution < 1.29 is 4.74 Å². The summed E-state index contributed by atoms with van der Waals surface area (Å²) >= 11 is 0. The SMILES string of the molecule is CC(C)CNCc1ccc(N2CCOCC2)nn1. The van der Waals surface area contributed by atoms with Crippen LogP contribution in [0.3, 0.4) is 0 Å². The molecule has 1 fully saturated rings. The van der Waals surface area contributed by atoms with Gasteiger partial charge in [-0.3, -0.25) is 0 Å². The van der Waals surface area contributed by atoms with E-state index >= 15 is 0 Å². The molecule has 0 saturated carbocycles. The number of rotatable bonds is 5. The summed E-state index contributed by atoms with van der Waals surface area (Å²) in [5.41, 5.74) is 0.993. The number of hydrogen-bond donors (Lipinski definition) is 1. The summed E-state index contributed by atoms with van der Waals surface area (Å²) < 4.78 is 5.32. The lowest BCUT2D eigenvalue weighted by molar-refractivity contribution is 0.122. The number of ether oxygens (including phenoxy) is 1. The highest BCUT2D eigenvalue weighted by Crippen LogP contribution is 2.11. The molecule has 2 rings (SSSR count). The molecule has 0 aliphatic carbocycles. The predicted octanol–water partition coefficient (Wildman–Crippen LogP) is 1.06. The highest BCUT2D eigenvalue weighted by molar-refractivity contribution is 5.37. The van der Waals surface area contributed by atoms with E-state index in [2.05, 4.69) is 34.3 Å². The lowest BCUT2D eigenvalue weighted by atomic mass is 10.2. The van der Waals surface area contributed by atoms with Gasteiger partial charge in [0.25, 0.3) is 0 Å². The molecule has 1 aromatic rings. The summed E-state index contributed by atoms with van der Waals surface area (Å²) in [5, 5.41) is 11.9. The lowest BCUT2D eigenvalue weighted by Gasteiger charge is -2.27. The Bertz CT molecular complexity index is 347. The first-order valence-corrected chi connectivity index (χ1v) is 6.61. The zero-order chi connectivity index (χ0) is 12.8.